The summed E-state index contributed by atoms with van der Waals surface area (Å²) < 4.78 is 0. The maximum absolute atomic E-state index is 4.86. The molecule has 4 aromatic rings. The number of rotatable bonds is 2. The number of fused-ring (bicyclic) bond motifs is 1. The Morgan fingerprint density at radius 3 is 2.55 bits per heavy atom. The lowest BCUT2D eigenvalue weighted by molar-refractivity contribution is 1.29. The van der Waals surface area contributed by atoms with Crippen molar-refractivity contribution in [2.24, 2.45) is 0 Å². The predicted octanol–water partition coefficient (Wildman–Crippen LogP) is 5.58. The molecule has 4 rings (SSSR count). The van der Waals surface area contributed by atoms with Crippen LogP contribution in [0.2, 0.25) is 0 Å². The number of benzene rings is 2. The van der Waals surface area contributed by atoms with Crippen molar-refractivity contribution in [2.75, 3.05) is 0 Å². The van der Waals surface area contributed by atoms with Gasteiger partial charge in [0.15, 0.2) is 0 Å². The summed E-state index contributed by atoms with van der Waals surface area (Å²) >= 11 is 1.70. The van der Waals surface area contributed by atoms with Crippen LogP contribution in [0.15, 0.2) is 53.9 Å². The monoisotopic (exact) mass is 304 g/mol. The van der Waals surface area contributed by atoms with Gasteiger partial charge in [-0.1, -0.05) is 48.0 Å². The molecule has 2 nitrogen and oxygen atoms in total. The quantitative estimate of drug-likeness (QED) is 0.515. The van der Waals surface area contributed by atoms with Crippen molar-refractivity contribution in [2.45, 2.75) is 13.8 Å². The summed E-state index contributed by atoms with van der Waals surface area (Å²) in [6.07, 6.45) is 0. The second-order valence-electron chi connectivity index (χ2n) is 5.57. The van der Waals surface area contributed by atoms with Crippen LogP contribution < -0.4 is 0 Å². The van der Waals surface area contributed by atoms with Gasteiger partial charge in [-0.05, 0) is 19.9 Å². The third kappa shape index (κ3) is 2.14. The highest BCUT2D eigenvalue weighted by molar-refractivity contribution is 7.13. The molecule has 0 bridgehead atoms. The number of aromatic nitrogens is 2. The van der Waals surface area contributed by atoms with Gasteiger partial charge >= 0.3 is 0 Å². The molecule has 0 aliphatic rings. The molecule has 0 radical (unpaired) electrons. The van der Waals surface area contributed by atoms with Crippen LogP contribution in [-0.2, 0) is 0 Å². The Labute approximate surface area is 133 Å². The van der Waals surface area contributed by atoms with Gasteiger partial charge in [0.1, 0.15) is 5.01 Å². The molecule has 2 aromatic carbocycles. The maximum atomic E-state index is 4.86. The molecule has 2 heterocycles. The molecule has 0 saturated carbocycles. The molecule has 0 atom stereocenters. The lowest BCUT2D eigenvalue weighted by Gasteiger charge is -1.98. The Balaban J connectivity index is 1.83. The molecule has 108 valence electrons. The van der Waals surface area contributed by atoms with Crippen LogP contribution in [0.3, 0.4) is 0 Å². The molecule has 0 unspecified atom stereocenters. The fraction of sp³-hybridized carbons (Fsp3) is 0.105. The molecule has 22 heavy (non-hydrogen) atoms. The van der Waals surface area contributed by atoms with Gasteiger partial charge in [0.25, 0.3) is 0 Å². The van der Waals surface area contributed by atoms with E-state index in [-0.39, 0.29) is 0 Å². The van der Waals surface area contributed by atoms with Crippen molar-refractivity contribution < 1.29 is 0 Å². The first-order valence-corrected chi connectivity index (χ1v) is 8.20. The summed E-state index contributed by atoms with van der Waals surface area (Å²) in [5.41, 5.74) is 7.05. The minimum atomic E-state index is 1.05. The maximum Gasteiger partial charge on any atom is 0.126 e. The summed E-state index contributed by atoms with van der Waals surface area (Å²) in [5.74, 6) is 0. The van der Waals surface area contributed by atoms with Crippen LogP contribution in [0.25, 0.3) is 32.7 Å². The number of nitrogens with zero attached hydrogens (tertiary/aromatic N) is 1. The van der Waals surface area contributed by atoms with Crippen molar-refractivity contribution >= 4 is 22.2 Å². The van der Waals surface area contributed by atoms with Gasteiger partial charge < -0.3 is 4.98 Å². The van der Waals surface area contributed by atoms with Gasteiger partial charge in [0, 0.05) is 33.1 Å². The van der Waals surface area contributed by atoms with Crippen LogP contribution in [0.5, 0.6) is 0 Å². The van der Waals surface area contributed by atoms with Crippen LogP contribution >= 0.6 is 11.3 Å². The number of hydrogen-bond donors (Lipinski definition) is 1. The number of para-hydroxylation sites is 1. The standard InChI is InChI=1S/C19H16N2S/c1-12-7-9-14(10-8-12)17-11-22-19(21-17)18-13(2)20-16-6-4-3-5-15(16)18/h3-11,20H,1-2H3. The summed E-state index contributed by atoms with van der Waals surface area (Å²) in [7, 11) is 0. The van der Waals surface area contributed by atoms with Crippen LogP contribution in [0.1, 0.15) is 11.3 Å². The van der Waals surface area contributed by atoms with Crippen LogP contribution in [-0.4, -0.2) is 9.97 Å². The van der Waals surface area contributed by atoms with Gasteiger partial charge in [-0.15, -0.1) is 11.3 Å². The third-order valence-electron chi connectivity index (χ3n) is 3.96. The van der Waals surface area contributed by atoms with Crippen LogP contribution in [0.4, 0.5) is 0 Å². The lowest BCUT2D eigenvalue weighted by atomic mass is 10.1. The van der Waals surface area contributed by atoms with Crippen molar-refractivity contribution in [3.05, 3.63) is 65.2 Å². The molecule has 1 N–H and O–H groups in total. The summed E-state index contributed by atoms with van der Waals surface area (Å²) in [6, 6.07) is 16.9. The summed E-state index contributed by atoms with van der Waals surface area (Å²) in [4.78, 5) is 8.31. The molecule has 0 aliphatic heterocycles. The third-order valence-corrected chi connectivity index (χ3v) is 4.82. The highest BCUT2D eigenvalue weighted by atomic mass is 32.1. The van der Waals surface area contributed by atoms with Crippen LogP contribution in [0, 0.1) is 13.8 Å². The van der Waals surface area contributed by atoms with Crippen molar-refractivity contribution in [3.8, 4) is 21.8 Å². The smallest absolute Gasteiger partial charge is 0.126 e. The highest BCUT2D eigenvalue weighted by Gasteiger charge is 2.14. The Morgan fingerprint density at radius 1 is 0.955 bits per heavy atom. The number of H-pyrrole nitrogens is 1. The van der Waals surface area contributed by atoms with E-state index >= 15 is 0 Å². The van der Waals surface area contributed by atoms with E-state index < -0.39 is 0 Å². The zero-order valence-electron chi connectivity index (χ0n) is 12.6. The minimum Gasteiger partial charge on any atom is -0.358 e. The van der Waals surface area contributed by atoms with E-state index in [1.807, 2.05) is 0 Å². The molecule has 0 spiro atoms. The van der Waals surface area contributed by atoms with Gasteiger partial charge in [-0.2, -0.15) is 0 Å². The predicted molar refractivity (Wildman–Crippen MR) is 94.3 cm³/mol. The first-order chi connectivity index (χ1) is 10.7. The fourth-order valence-corrected chi connectivity index (χ4v) is 3.74. The van der Waals surface area contributed by atoms with Gasteiger partial charge in [-0.25, -0.2) is 4.98 Å². The molecule has 0 saturated heterocycles. The SMILES string of the molecule is Cc1ccc(-c2csc(-c3c(C)[nH]c4ccccc34)n2)cc1. The zero-order chi connectivity index (χ0) is 15.1. The molecule has 3 heteroatoms. The first-order valence-electron chi connectivity index (χ1n) is 7.32. The van der Waals surface area contributed by atoms with E-state index in [0.29, 0.717) is 0 Å². The number of aryl methyl sites for hydroxylation is 2. The normalized spacial score (nSPS) is 11.2. The number of nitrogens with one attached hydrogen (secondary N) is 1. The molecular formula is C19H16N2S. The van der Waals surface area contributed by atoms with E-state index in [4.69, 9.17) is 4.98 Å². The van der Waals surface area contributed by atoms with Crippen molar-refractivity contribution in [1.29, 1.82) is 0 Å². The second-order valence-corrected chi connectivity index (χ2v) is 6.43. The average molecular weight is 304 g/mol. The molecular weight excluding hydrogens is 288 g/mol. The van der Waals surface area contributed by atoms with E-state index in [1.54, 1.807) is 11.3 Å². The topological polar surface area (TPSA) is 28.7 Å². The van der Waals surface area contributed by atoms with Gasteiger partial charge in [-0.3, -0.25) is 0 Å². The highest BCUT2D eigenvalue weighted by Crippen LogP contribution is 2.35. The largest absolute Gasteiger partial charge is 0.358 e. The van der Waals surface area contributed by atoms with E-state index in [2.05, 4.69) is 72.7 Å². The van der Waals surface area contributed by atoms with Crippen molar-refractivity contribution in [1.82, 2.24) is 9.97 Å². The molecule has 0 fully saturated rings. The summed E-state index contributed by atoms with van der Waals surface area (Å²) in [6.45, 7) is 4.22. The molecule has 0 amide bonds. The summed E-state index contributed by atoms with van der Waals surface area (Å²) in [5, 5.41) is 4.46. The molecule has 2 aromatic heterocycles. The number of aromatic amines is 1. The van der Waals surface area contributed by atoms with E-state index in [0.717, 1.165) is 10.7 Å². The Hall–Kier alpha value is -2.39. The lowest BCUT2D eigenvalue weighted by Crippen LogP contribution is -1.81. The van der Waals surface area contributed by atoms with E-state index in [1.165, 1.54) is 33.3 Å². The van der Waals surface area contributed by atoms with Crippen molar-refractivity contribution in [3.63, 3.8) is 0 Å². The fourth-order valence-electron chi connectivity index (χ4n) is 2.80. The van der Waals surface area contributed by atoms with Gasteiger partial charge in [0.05, 0.1) is 5.69 Å². The average Bonchev–Trinajstić information content (AvgIpc) is 3.11. The Kier molecular flexibility index (Phi) is 3.09. The Morgan fingerprint density at radius 2 is 1.73 bits per heavy atom. The second kappa shape index (κ2) is 5.11. The minimum absolute atomic E-state index is 1.05. The zero-order valence-corrected chi connectivity index (χ0v) is 13.4. The first kappa shape index (κ1) is 13.3. The number of thiazole rings is 1. The number of hydrogen-bond acceptors (Lipinski definition) is 2. The Bertz CT molecular complexity index is 945. The van der Waals surface area contributed by atoms with Gasteiger partial charge in [0.2, 0.25) is 0 Å². The molecule has 0 aliphatic carbocycles. The van der Waals surface area contributed by atoms with E-state index in [9.17, 15) is 0 Å².